The summed E-state index contributed by atoms with van der Waals surface area (Å²) in [4.78, 5) is 14.6. The molecule has 1 atom stereocenters. The van der Waals surface area contributed by atoms with Gasteiger partial charge >= 0.3 is 0 Å². The molecule has 0 aliphatic carbocycles. The first-order valence-corrected chi connectivity index (χ1v) is 10.9. The second kappa shape index (κ2) is 9.88. The first-order chi connectivity index (χ1) is 12.9. The van der Waals surface area contributed by atoms with Gasteiger partial charge in [-0.05, 0) is 42.9 Å². The van der Waals surface area contributed by atoms with Gasteiger partial charge in [0.25, 0.3) is 0 Å². The van der Waals surface area contributed by atoms with E-state index in [2.05, 4.69) is 24.1 Å². The Morgan fingerprint density at radius 1 is 1.04 bits per heavy atom. The van der Waals surface area contributed by atoms with Gasteiger partial charge in [0.1, 0.15) is 5.75 Å². The lowest BCUT2D eigenvalue weighted by atomic mass is 10.1. The van der Waals surface area contributed by atoms with Crippen LogP contribution in [0.3, 0.4) is 0 Å². The van der Waals surface area contributed by atoms with Gasteiger partial charge in [0.2, 0.25) is 5.91 Å². The lowest BCUT2D eigenvalue weighted by Crippen LogP contribution is -2.39. The quantitative estimate of drug-likeness (QED) is 0.691. The highest BCUT2D eigenvalue weighted by Crippen LogP contribution is 2.20. The van der Waals surface area contributed by atoms with Crippen molar-refractivity contribution < 1.29 is 13.2 Å². The van der Waals surface area contributed by atoms with Gasteiger partial charge in [0.15, 0.2) is 9.84 Å². The zero-order chi connectivity index (χ0) is 19.9. The van der Waals surface area contributed by atoms with Crippen molar-refractivity contribution >= 4 is 27.3 Å². The third-order valence-corrected chi connectivity index (χ3v) is 6.31. The van der Waals surface area contributed by atoms with E-state index in [1.54, 1.807) is 0 Å². The van der Waals surface area contributed by atoms with Gasteiger partial charge < -0.3 is 5.32 Å². The second-order valence-corrected chi connectivity index (χ2v) is 8.59. The number of carbonyl (C=O) groups excluding carboxylic acids is 1. The summed E-state index contributed by atoms with van der Waals surface area (Å²) in [5, 5.41) is 3.23. The molecule has 0 spiro atoms. The fourth-order valence-electron chi connectivity index (χ4n) is 2.96. The number of halogens is 1. The summed E-state index contributed by atoms with van der Waals surface area (Å²) in [6.45, 7) is 6.13. The minimum atomic E-state index is -3.70. The minimum Gasteiger partial charge on any atom is -0.353 e. The van der Waals surface area contributed by atoms with Gasteiger partial charge in [-0.1, -0.05) is 55.8 Å². The smallest absolute Gasteiger partial charge is 0.235 e. The Bertz CT molecular complexity index is 835. The molecule has 0 aliphatic heterocycles. The van der Waals surface area contributed by atoms with E-state index in [1.807, 2.05) is 30.3 Å². The van der Waals surface area contributed by atoms with Crippen molar-refractivity contribution in [2.45, 2.75) is 24.8 Å². The van der Waals surface area contributed by atoms with E-state index in [4.69, 9.17) is 11.6 Å². The number of benzene rings is 2. The number of hydrogen-bond donors (Lipinski definition) is 1. The molecule has 5 nitrogen and oxygen atoms in total. The van der Waals surface area contributed by atoms with Crippen LogP contribution in [0.2, 0.25) is 5.02 Å². The topological polar surface area (TPSA) is 66.5 Å². The zero-order valence-electron chi connectivity index (χ0n) is 15.6. The lowest BCUT2D eigenvalue weighted by Gasteiger charge is -2.30. The number of hydrogen-bond acceptors (Lipinski definition) is 4. The molecule has 0 bridgehead atoms. The summed E-state index contributed by atoms with van der Waals surface area (Å²) in [7, 11) is -3.70. The molecule has 0 aliphatic rings. The van der Waals surface area contributed by atoms with E-state index in [-0.39, 0.29) is 10.9 Å². The van der Waals surface area contributed by atoms with Crippen LogP contribution in [0, 0.1) is 0 Å². The third-order valence-electron chi connectivity index (χ3n) is 4.42. The van der Waals surface area contributed by atoms with Crippen LogP contribution in [0.4, 0.5) is 0 Å². The zero-order valence-corrected chi connectivity index (χ0v) is 17.1. The summed E-state index contributed by atoms with van der Waals surface area (Å²) in [6.07, 6.45) is 0. The van der Waals surface area contributed by atoms with E-state index in [0.717, 1.165) is 18.7 Å². The van der Waals surface area contributed by atoms with Gasteiger partial charge in [-0.3, -0.25) is 9.69 Å². The van der Waals surface area contributed by atoms with Crippen LogP contribution < -0.4 is 5.32 Å². The maximum atomic E-state index is 12.4. The first-order valence-electron chi connectivity index (χ1n) is 8.91. The molecule has 2 rings (SSSR count). The Balaban J connectivity index is 2.06. The van der Waals surface area contributed by atoms with Crippen molar-refractivity contribution in [3.05, 3.63) is 65.2 Å². The van der Waals surface area contributed by atoms with Crippen LogP contribution in [0.5, 0.6) is 0 Å². The molecule has 1 unspecified atom stereocenters. The number of nitrogens with zero attached hydrogens (tertiary/aromatic N) is 1. The molecule has 0 heterocycles. The second-order valence-electron chi connectivity index (χ2n) is 6.16. The highest BCUT2D eigenvalue weighted by molar-refractivity contribution is 7.92. The van der Waals surface area contributed by atoms with Gasteiger partial charge in [0.05, 0.1) is 10.9 Å². The van der Waals surface area contributed by atoms with Crippen molar-refractivity contribution in [3.8, 4) is 0 Å². The molecule has 0 saturated heterocycles. The van der Waals surface area contributed by atoms with Gasteiger partial charge in [-0.25, -0.2) is 8.42 Å². The summed E-state index contributed by atoms with van der Waals surface area (Å²) in [5.74, 6) is -1.10. The highest BCUT2D eigenvalue weighted by Gasteiger charge is 2.22. The van der Waals surface area contributed by atoms with E-state index in [0.29, 0.717) is 11.6 Å². The summed E-state index contributed by atoms with van der Waals surface area (Å²) >= 11 is 5.79. The SMILES string of the molecule is CCN(CC)C(CNC(=O)CS(=O)(=O)c1ccc(Cl)cc1)c1ccccc1. The van der Waals surface area contributed by atoms with Gasteiger partial charge in [-0.15, -0.1) is 0 Å². The Hall–Kier alpha value is -1.89. The predicted octanol–water partition coefficient (Wildman–Crippen LogP) is 3.31. The molecular formula is C20H25ClN2O3S. The maximum absolute atomic E-state index is 12.4. The maximum Gasteiger partial charge on any atom is 0.235 e. The Labute approximate surface area is 166 Å². The summed E-state index contributed by atoms with van der Waals surface area (Å²) < 4.78 is 24.8. The number of sulfone groups is 1. The molecule has 146 valence electrons. The van der Waals surface area contributed by atoms with Crippen LogP contribution in [0.15, 0.2) is 59.5 Å². The van der Waals surface area contributed by atoms with Crippen molar-refractivity contribution in [1.29, 1.82) is 0 Å². The summed E-state index contributed by atoms with van der Waals surface area (Å²) in [6, 6.07) is 15.7. The Morgan fingerprint density at radius 3 is 2.19 bits per heavy atom. The molecule has 27 heavy (non-hydrogen) atoms. The molecule has 2 aromatic carbocycles. The van der Waals surface area contributed by atoms with Crippen molar-refractivity contribution in [3.63, 3.8) is 0 Å². The number of rotatable bonds is 9. The predicted molar refractivity (Wildman–Crippen MR) is 109 cm³/mol. The number of likely N-dealkylation sites (N-methyl/N-ethyl adjacent to an activating group) is 1. The Morgan fingerprint density at radius 2 is 1.63 bits per heavy atom. The van der Waals surface area contributed by atoms with E-state index < -0.39 is 21.5 Å². The molecule has 0 aromatic heterocycles. The molecule has 2 aromatic rings. The Kier molecular flexibility index (Phi) is 7.83. The van der Waals surface area contributed by atoms with E-state index >= 15 is 0 Å². The molecule has 0 saturated carbocycles. The molecular weight excluding hydrogens is 384 g/mol. The average molecular weight is 409 g/mol. The van der Waals surface area contributed by atoms with Crippen LogP contribution in [-0.2, 0) is 14.6 Å². The van der Waals surface area contributed by atoms with E-state index in [1.165, 1.54) is 24.3 Å². The molecule has 1 N–H and O–H groups in total. The molecule has 7 heteroatoms. The fraction of sp³-hybridized carbons (Fsp3) is 0.350. The monoisotopic (exact) mass is 408 g/mol. The standard InChI is InChI=1S/C20H25ClN2O3S/c1-3-23(4-2)19(16-8-6-5-7-9-16)14-22-20(24)15-27(25,26)18-12-10-17(21)11-13-18/h5-13,19H,3-4,14-15H2,1-2H3,(H,22,24). The van der Waals surface area contributed by atoms with Crippen LogP contribution in [0.25, 0.3) is 0 Å². The van der Waals surface area contributed by atoms with Crippen molar-refractivity contribution in [2.75, 3.05) is 25.4 Å². The number of carbonyl (C=O) groups is 1. The molecule has 0 radical (unpaired) electrons. The van der Waals surface area contributed by atoms with Crippen molar-refractivity contribution in [2.24, 2.45) is 0 Å². The van der Waals surface area contributed by atoms with Crippen LogP contribution in [-0.4, -0.2) is 44.6 Å². The minimum absolute atomic E-state index is 0.0108. The van der Waals surface area contributed by atoms with Crippen LogP contribution in [0.1, 0.15) is 25.5 Å². The average Bonchev–Trinajstić information content (AvgIpc) is 2.65. The van der Waals surface area contributed by atoms with Gasteiger partial charge in [0, 0.05) is 11.6 Å². The summed E-state index contributed by atoms with van der Waals surface area (Å²) in [5.41, 5.74) is 1.09. The lowest BCUT2D eigenvalue weighted by molar-refractivity contribution is -0.118. The first kappa shape index (κ1) is 21.4. The van der Waals surface area contributed by atoms with Crippen LogP contribution >= 0.6 is 11.6 Å². The normalized spacial score (nSPS) is 12.7. The fourth-order valence-corrected chi connectivity index (χ4v) is 4.25. The number of amides is 1. The molecule has 0 fully saturated rings. The largest absolute Gasteiger partial charge is 0.353 e. The molecule has 1 amide bonds. The van der Waals surface area contributed by atoms with Crippen molar-refractivity contribution in [1.82, 2.24) is 10.2 Å². The number of nitrogens with one attached hydrogen (secondary N) is 1. The van der Waals surface area contributed by atoms with E-state index in [9.17, 15) is 13.2 Å². The third kappa shape index (κ3) is 6.06. The highest BCUT2D eigenvalue weighted by atomic mass is 35.5. The van der Waals surface area contributed by atoms with Gasteiger partial charge in [-0.2, -0.15) is 0 Å².